The molecule has 1 unspecified atom stereocenters. The molecule has 0 aliphatic heterocycles. The van der Waals surface area contributed by atoms with Gasteiger partial charge in [-0.2, -0.15) is 5.26 Å². The largest absolute Gasteiger partial charge is 0.497 e. The lowest BCUT2D eigenvalue weighted by Crippen LogP contribution is -2.22. The third-order valence-corrected chi connectivity index (χ3v) is 3.63. The Morgan fingerprint density at radius 1 is 1.00 bits per heavy atom. The number of nitrogens with one attached hydrogen (secondary N) is 1. The van der Waals surface area contributed by atoms with Gasteiger partial charge in [-0.25, -0.2) is 0 Å². The van der Waals surface area contributed by atoms with Crippen LogP contribution in [0.15, 0.2) is 48.5 Å². The average molecular weight is 280 g/mol. The Labute approximate surface area is 126 Å². The maximum Gasteiger partial charge on any atom is 0.119 e. The molecule has 0 radical (unpaired) electrons. The molecule has 0 heterocycles. The summed E-state index contributed by atoms with van der Waals surface area (Å²) in [7, 11) is 1.68. The van der Waals surface area contributed by atoms with Crippen LogP contribution in [0.4, 0.5) is 0 Å². The van der Waals surface area contributed by atoms with Crippen molar-refractivity contribution < 1.29 is 4.74 Å². The highest BCUT2D eigenvalue weighted by molar-refractivity contribution is 5.33. The first-order valence-corrected chi connectivity index (χ1v) is 7.04. The van der Waals surface area contributed by atoms with Crippen molar-refractivity contribution in [2.75, 3.05) is 7.11 Å². The first-order chi connectivity index (χ1) is 10.1. The summed E-state index contributed by atoms with van der Waals surface area (Å²) in [6, 6.07) is 18.3. The van der Waals surface area contributed by atoms with Crippen molar-refractivity contribution in [3.05, 3.63) is 65.2 Å². The molecule has 2 aromatic rings. The van der Waals surface area contributed by atoms with Gasteiger partial charge in [0.15, 0.2) is 0 Å². The molecule has 21 heavy (non-hydrogen) atoms. The third-order valence-electron chi connectivity index (χ3n) is 3.63. The summed E-state index contributed by atoms with van der Waals surface area (Å²) in [4.78, 5) is 0. The van der Waals surface area contributed by atoms with Gasteiger partial charge in [0.2, 0.25) is 0 Å². The SMILES string of the molecule is COc1cccc([C@@H](C)NC(C)c2ccc(C#N)cc2)c1. The summed E-state index contributed by atoms with van der Waals surface area (Å²) in [5.74, 6) is 0.868. The quantitative estimate of drug-likeness (QED) is 0.901. The second kappa shape index (κ2) is 6.92. The van der Waals surface area contributed by atoms with E-state index in [0.717, 1.165) is 5.75 Å². The number of benzene rings is 2. The van der Waals surface area contributed by atoms with Crippen LogP contribution in [-0.2, 0) is 0 Å². The van der Waals surface area contributed by atoms with Gasteiger partial charge >= 0.3 is 0 Å². The number of nitrogens with zero attached hydrogens (tertiary/aromatic N) is 1. The van der Waals surface area contributed by atoms with E-state index in [0.29, 0.717) is 5.56 Å². The normalized spacial score (nSPS) is 13.2. The lowest BCUT2D eigenvalue weighted by molar-refractivity contribution is 0.412. The molecule has 0 bridgehead atoms. The van der Waals surface area contributed by atoms with Crippen LogP contribution in [-0.4, -0.2) is 7.11 Å². The van der Waals surface area contributed by atoms with Crippen LogP contribution in [0.2, 0.25) is 0 Å². The molecule has 2 rings (SSSR count). The van der Waals surface area contributed by atoms with Crippen LogP contribution in [0.25, 0.3) is 0 Å². The lowest BCUT2D eigenvalue weighted by Gasteiger charge is -2.21. The number of nitriles is 1. The first kappa shape index (κ1) is 15.1. The number of methoxy groups -OCH3 is 1. The zero-order valence-corrected chi connectivity index (χ0v) is 12.6. The summed E-state index contributed by atoms with van der Waals surface area (Å²) in [6.45, 7) is 4.26. The molecule has 0 aliphatic carbocycles. The van der Waals surface area contributed by atoms with Crippen molar-refractivity contribution in [1.82, 2.24) is 5.32 Å². The first-order valence-electron chi connectivity index (χ1n) is 7.04. The molecular weight excluding hydrogens is 260 g/mol. The maximum absolute atomic E-state index is 8.83. The van der Waals surface area contributed by atoms with E-state index < -0.39 is 0 Å². The lowest BCUT2D eigenvalue weighted by atomic mass is 10.0. The zero-order chi connectivity index (χ0) is 15.2. The van der Waals surface area contributed by atoms with E-state index in [4.69, 9.17) is 10.00 Å². The molecule has 0 fully saturated rings. The highest BCUT2D eigenvalue weighted by Gasteiger charge is 2.11. The van der Waals surface area contributed by atoms with Crippen LogP contribution >= 0.6 is 0 Å². The Hall–Kier alpha value is -2.31. The van der Waals surface area contributed by atoms with Crippen molar-refractivity contribution in [3.8, 4) is 11.8 Å². The van der Waals surface area contributed by atoms with Gasteiger partial charge in [0.1, 0.15) is 5.75 Å². The average Bonchev–Trinajstić information content (AvgIpc) is 2.54. The number of ether oxygens (including phenoxy) is 1. The molecule has 3 nitrogen and oxygen atoms in total. The summed E-state index contributed by atoms with van der Waals surface area (Å²) in [6.07, 6.45) is 0. The van der Waals surface area contributed by atoms with E-state index in [1.165, 1.54) is 11.1 Å². The Kier molecular flexibility index (Phi) is 4.97. The van der Waals surface area contributed by atoms with Crippen LogP contribution in [0.3, 0.4) is 0 Å². The highest BCUT2D eigenvalue weighted by Crippen LogP contribution is 2.22. The number of hydrogen-bond acceptors (Lipinski definition) is 3. The standard InChI is InChI=1S/C18H20N2O/c1-13(16-9-7-15(12-19)8-10-16)20-14(2)17-5-4-6-18(11-17)21-3/h4-11,13-14,20H,1-3H3/t13?,14-/m1/s1. The molecule has 0 saturated carbocycles. The molecule has 0 saturated heterocycles. The van der Waals surface area contributed by atoms with Gasteiger partial charge in [0.25, 0.3) is 0 Å². The van der Waals surface area contributed by atoms with Crippen molar-refractivity contribution in [2.45, 2.75) is 25.9 Å². The molecule has 2 atom stereocenters. The summed E-state index contributed by atoms with van der Waals surface area (Å²) in [5, 5.41) is 12.4. The fourth-order valence-corrected chi connectivity index (χ4v) is 2.32. The van der Waals surface area contributed by atoms with Crippen LogP contribution < -0.4 is 10.1 Å². The predicted octanol–water partition coefficient (Wildman–Crippen LogP) is 3.98. The van der Waals surface area contributed by atoms with E-state index in [1.54, 1.807) is 7.11 Å². The summed E-state index contributed by atoms with van der Waals surface area (Å²) in [5.41, 5.74) is 3.05. The van der Waals surface area contributed by atoms with Gasteiger partial charge in [0, 0.05) is 12.1 Å². The molecular formula is C18H20N2O. The van der Waals surface area contributed by atoms with Crippen LogP contribution in [0, 0.1) is 11.3 Å². The van der Waals surface area contributed by atoms with E-state index in [-0.39, 0.29) is 12.1 Å². The zero-order valence-electron chi connectivity index (χ0n) is 12.6. The van der Waals surface area contributed by atoms with E-state index in [2.05, 4.69) is 31.3 Å². The van der Waals surface area contributed by atoms with Crippen molar-refractivity contribution in [3.63, 3.8) is 0 Å². The van der Waals surface area contributed by atoms with Crippen molar-refractivity contribution in [2.24, 2.45) is 0 Å². The summed E-state index contributed by atoms with van der Waals surface area (Å²) < 4.78 is 5.26. The predicted molar refractivity (Wildman–Crippen MR) is 84.1 cm³/mol. The van der Waals surface area contributed by atoms with Crippen molar-refractivity contribution in [1.29, 1.82) is 5.26 Å². The fraction of sp³-hybridized carbons (Fsp3) is 0.278. The second-order valence-electron chi connectivity index (χ2n) is 5.12. The van der Waals surface area contributed by atoms with Gasteiger partial charge in [0.05, 0.1) is 18.7 Å². The van der Waals surface area contributed by atoms with Crippen LogP contribution in [0.5, 0.6) is 5.75 Å². The van der Waals surface area contributed by atoms with Crippen molar-refractivity contribution >= 4 is 0 Å². The topological polar surface area (TPSA) is 45.0 Å². The summed E-state index contributed by atoms with van der Waals surface area (Å²) >= 11 is 0. The molecule has 3 heteroatoms. The Balaban J connectivity index is 2.07. The minimum atomic E-state index is 0.207. The minimum absolute atomic E-state index is 0.207. The van der Waals surface area contributed by atoms with Gasteiger partial charge in [-0.1, -0.05) is 24.3 Å². The Morgan fingerprint density at radius 3 is 2.29 bits per heavy atom. The van der Waals surface area contributed by atoms with E-state index in [1.807, 2.05) is 42.5 Å². The second-order valence-corrected chi connectivity index (χ2v) is 5.12. The smallest absolute Gasteiger partial charge is 0.119 e. The van der Waals surface area contributed by atoms with Gasteiger partial charge in [-0.05, 0) is 49.2 Å². The molecule has 1 N–H and O–H groups in total. The van der Waals surface area contributed by atoms with E-state index >= 15 is 0 Å². The monoisotopic (exact) mass is 280 g/mol. The van der Waals surface area contributed by atoms with Crippen LogP contribution in [0.1, 0.15) is 42.6 Å². The number of rotatable bonds is 5. The molecule has 108 valence electrons. The fourth-order valence-electron chi connectivity index (χ4n) is 2.32. The maximum atomic E-state index is 8.83. The molecule has 0 amide bonds. The van der Waals surface area contributed by atoms with Gasteiger partial charge in [-0.15, -0.1) is 0 Å². The molecule has 0 aromatic heterocycles. The highest BCUT2D eigenvalue weighted by atomic mass is 16.5. The number of hydrogen-bond donors (Lipinski definition) is 1. The third kappa shape index (κ3) is 3.84. The Bertz CT molecular complexity index is 628. The molecule has 0 spiro atoms. The van der Waals surface area contributed by atoms with Gasteiger partial charge in [-0.3, -0.25) is 0 Å². The van der Waals surface area contributed by atoms with E-state index in [9.17, 15) is 0 Å². The minimum Gasteiger partial charge on any atom is -0.497 e. The Morgan fingerprint density at radius 2 is 1.67 bits per heavy atom. The van der Waals surface area contributed by atoms with Gasteiger partial charge < -0.3 is 10.1 Å². The molecule has 0 aliphatic rings. The molecule has 2 aromatic carbocycles.